The summed E-state index contributed by atoms with van der Waals surface area (Å²) in [6, 6.07) is 6.74. The van der Waals surface area contributed by atoms with E-state index in [0.717, 1.165) is 54.6 Å². The first-order chi connectivity index (χ1) is 11.6. The molecule has 0 aliphatic carbocycles. The summed E-state index contributed by atoms with van der Waals surface area (Å²) in [5.41, 5.74) is 1.16. The number of unbranched alkanes of at least 4 members (excludes halogenated alkanes) is 2. The molecular formula is C19H26BrNO3. The number of aliphatic carboxylic acids is 1. The predicted octanol–water partition coefficient (Wildman–Crippen LogP) is 4.46. The van der Waals surface area contributed by atoms with Crippen LogP contribution in [0.1, 0.15) is 51.0 Å². The Bertz CT molecular complexity index is 592. The molecule has 0 saturated carbocycles. The molecule has 4 nitrogen and oxygen atoms in total. The molecule has 2 fully saturated rings. The van der Waals surface area contributed by atoms with E-state index in [9.17, 15) is 9.90 Å². The van der Waals surface area contributed by atoms with Crippen LogP contribution in [-0.4, -0.2) is 34.7 Å². The molecule has 24 heavy (non-hydrogen) atoms. The summed E-state index contributed by atoms with van der Waals surface area (Å²) in [5, 5.41) is 9.43. The monoisotopic (exact) mass is 395 g/mol. The second-order valence-corrected chi connectivity index (χ2v) is 7.87. The van der Waals surface area contributed by atoms with Gasteiger partial charge in [0, 0.05) is 28.7 Å². The zero-order valence-corrected chi connectivity index (χ0v) is 15.8. The molecular weight excluding hydrogens is 370 g/mol. The van der Waals surface area contributed by atoms with Crippen LogP contribution in [0.15, 0.2) is 22.7 Å². The molecule has 1 aromatic rings. The number of rotatable bonds is 8. The maximum absolute atomic E-state index is 11.5. The molecule has 0 spiro atoms. The highest BCUT2D eigenvalue weighted by atomic mass is 79.9. The Morgan fingerprint density at radius 2 is 2.21 bits per heavy atom. The third kappa shape index (κ3) is 3.77. The van der Waals surface area contributed by atoms with Gasteiger partial charge in [-0.05, 0) is 43.9 Å². The van der Waals surface area contributed by atoms with Gasteiger partial charge in [0.05, 0.1) is 12.5 Å². The molecule has 0 aromatic heterocycles. The van der Waals surface area contributed by atoms with Crippen LogP contribution in [-0.2, 0) is 11.3 Å². The summed E-state index contributed by atoms with van der Waals surface area (Å²) in [5.74, 6) is 0.0924. The molecule has 2 aliphatic rings. The summed E-state index contributed by atoms with van der Waals surface area (Å²) < 4.78 is 7.05. The van der Waals surface area contributed by atoms with Crippen molar-refractivity contribution in [3.8, 4) is 5.75 Å². The van der Waals surface area contributed by atoms with Gasteiger partial charge in [-0.1, -0.05) is 35.7 Å². The van der Waals surface area contributed by atoms with Gasteiger partial charge in [0.1, 0.15) is 5.75 Å². The van der Waals surface area contributed by atoms with Crippen LogP contribution in [0, 0.1) is 5.92 Å². The molecule has 2 heterocycles. The van der Waals surface area contributed by atoms with Gasteiger partial charge in [-0.3, -0.25) is 9.69 Å². The molecule has 132 valence electrons. The van der Waals surface area contributed by atoms with E-state index in [1.54, 1.807) is 0 Å². The topological polar surface area (TPSA) is 49.8 Å². The lowest BCUT2D eigenvalue weighted by atomic mass is 9.89. The first-order valence-corrected chi connectivity index (χ1v) is 9.79. The third-order valence-corrected chi connectivity index (χ3v) is 5.87. The van der Waals surface area contributed by atoms with Gasteiger partial charge in [0.25, 0.3) is 0 Å². The maximum Gasteiger partial charge on any atom is 0.308 e. The van der Waals surface area contributed by atoms with E-state index in [0.29, 0.717) is 6.04 Å². The molecule has 0 radical (unpaired) electrons. The number of hydrogen-bond acceptors (Lipinski definition) is 3. The number of carboxylic acid groups (broad SMARTS) is 1. The SMILES string of the molecule is CCCCCOc1ccc(Br)cc1CN1C2CCC1C(C(=O)O)C2. The number of nitrogens with zero attached hydrogens (tertiary/aromatic N) is 1. The fourth-order valence-corrected chi connectivity index (χ4v) is 4.56. The van der Waals surface area contributed by atoms with Crippen molar-refractivity contribution in [2.24, 2.45) is 5.92 Å². The largest absolute Gasteiger partial charge is 0.493 e. The highest BCUT2D eigenvalue weighted by Gasteiger charge is 2.49. The number of carbonyl (C=O) groups is 1. The summed E-state index contributed by atoms with van der Waals surface area (Å²) in [4.78, 5) is 13.8. The van der Waals surface area contributed by atoms with Gasteiger partial charge in [-0.15, -0.1) is 0 Å². The first-order valence-electron chi connectivity index (χ1n) is 9.00. The third-order valence-electron chi connectivity index (χ3n) is 5.38. The van der Waals surface area contributed by atoms with E-state index in [4.69, 9.17) is 4.74 Å². The zero-order valence-electron chi connectivity index (χ0n) is 14.2. The van der Waals surface area contributed by atoms with E-state index in [1.807, 2.05) is 12.1 Å². The summed E-state index contributed by atoms with van der Waals surface area (Å²) in [6.07, 6.45) is 6.35. The van der Waals surface area contributed by atoms with Crippen molar-refractivity contribution in [2.45, 2.75) is 64.1 Å². The van der Waals surface area contributed by atoms with Crippen molar-refractivity contribution in [3.05, 3.63) is 28.2 Å². The Balaban J connectivity index is 1.70. The number of carboxylic acids is 1. The predicted molar refractivity (Wildman–Crippen MR) is 97.3 cm³/mol. The van der Waals surface area contributed by atoms with E-state index >= 15 is 0 Å². The van der Waals surface area contributed by atoms with Crippen molar-refractivity contribution in [1.29, 1.82) is 0 Å². The number of halogens is 1. The maximum atomic E-state index is 11.5. The number of hydrogen-bond donors (Lipinski definition) is 1. The number of fused-ring (bicyclic) bond motifs is 2. The van der Waals surface area contributed by atoms with E-state index in [1.165, 1.54) is 12.8 Å². The van der Waals surface area contributed by atoms with Gasteiger partial charge in [0.2, 0.25) is 0 Å². The van der Waals surface area contributed by atoms with Crippen molar-refractivity contribution >= 4 is 21.9 Å². The van der Waals surface area contributed by atoms with E-state index < -0.39 is 5.97 Å². The van der Waals surface area contributed by atoms with Gasteiger partial charge in [0.15, 0.2) is 0 Å². The molecule has 2 aliphatic heterocycles. The standard InChI is InChI=1S/C19H26BrNO3/c1-2-3-4-9-24-18-8-5-14(20)10-13(18)12-21-15-6-7-17(21)16(11-15)19(22)23/h5,8,10,15-17H,2-4,6-7,9,11-12H2,1H3,(H,22,23). The van der Waals surface area contributed by atoms with Crippen LogP contribution < -0.4 is 4.74 Å². The number of benzene rings is 1. The average molecular weight is 396 g/mol. The summed E-state index contributed by atoms with van der Waals surface area (Å²) >= 11 is 3.55. The van der Waals surface area contributed by atoms with Crippen molar-refractivity contribution in [2.75, 3.05) is 6.61 Å². The lowest BCUT2D eigenvalue weighted by Crippen LogP contribution is -2.32. The highest BCUT2D eigenvalue weighted by molar-refractivity contribution is 9.10. The Hall–Kier alpha value is -1.07. The minimum absolute atomic E-state index is 0.180. The van der Waals surface area contributed by atoms with Crippen molar-refractivity contribution < 1.29 is 14.6 Å². The molecule has 0 amide bonds. The number of ether oxygens (including phenoxy) is 1. The van der Waals surface area contributed by atoms with Crippen LogP contribution in [0.25, 0.3) is 0 Å². The van der Waals surface area contributed by atoms with Gasteiger partial charge in [-0.2, -0.15) is 0 Å². The molecule has 1 aromatic carbocycles. The lowest BCUT2D eigenvalue weighted by molar-refractivity contribution is -0.142. The summed E-state index contributed by atoms with van der Waals surface area (Å²) in [7, 11) is 0. The fourth-order valence-electron chi connectivity index (χ4n) is 4.16. The minimum atomic E-state index is -0.641. The van der Waals surface area contributed by atoms with Gasteiger partial charge in [-0.25, -0.2) is 0 Å². The Labute approximate surface area is 152 Å². The fraction of sp³-hybridized carbons (Fsp3) is 0.632. The van der Waals surface area contributed by atoms with Crippen LogP contribution in [0.2, 0.25) is 0 Å². The molecule has 3 rings (SSSR count). The quantitative estimate of drug-likeness (QED) is 0.660. The Kier molecular flexibility index (Phi) is 5.82. The molecule has 2 bridgehead atoms. The van der Waals surface area contributed by atoms with Crippen molar-refractivity contribution in [3.63, 3.8) is 0 Å². The average Bonchev–Trinajstić information content (AvgIpc) is 3.10. The Morgan fingerprint density at radius 3 is 2.92 bits per heavy atom. The second-order valence-electron chi connectivity index (χ2n) is 6.96. The zero-order chi connectivity index (χ0) is 17.1. The molecule has 3 atom stereocenters. The molecule has 3 unspecified atom stereocenters. The van der Waals surface area contributed by atoms with Crippen LogP contribution in [0.3, 0.4) is 0 Å². The second kappa shape index (κ2) is 7.87. The minimum Gasteiger partial charge on any atom is -0.493 e. The molecule has 1 N–H and O–H groups in total. The first kappa shape index (κ1) is 17.7. The van der Waals surface area contributed by atoms with Crippen LogP contribution >= 0.6 is 15.9 Å². The normalized spacial score (nSPS) is 26.0. The van der Waals surface area contributed by atoms with E-state index in [-0.39, 0.29) is 12.0 Å². The van der Waals surface area contributed by atoms with Crippen molar-refractivity contribution in [1.82, 2.24) is 4.90 Å². The van der Waals surface area contributed by atoms with Crippen LogP contribution in [0.4, 0.5) is 0 Å². The lowest BCUT2D eigenvalue weighted by Gasteiger charge is -2.24. The van der Waals surface area contributed by atoms with Gasteiger partial charge < -0.3 is 9.84 Å². The Morgan fingerprint density at radius 1 is 1.38 bits per heavy atom. The smallest absolute Gasteiger partial charge is 0.308 e. The highest BCUT2D eigenvalue weighted by Crippen LogP contribution is 2.43. The van der Waals surface area contributed by atoms with Gasteiger partial charge >= 0.3 is 5.97 Å². The summed E-state index contributed by atoms with van der Waals surface area (Å²) in [6.45, 7) is 3.71. The van der Waals surface area contributed by atoms with Crippen LogP contribution in [0.5, 0.6) is 5.75 Å². The van der Waals surface area contributed by atoms with E-state index in [2.05, 4.69) is 33.8 Å². The molecule has 2 saturated heterocycles. The molecule has 5 heteroatoms.